The molecule has 0 N–H and O–H groups in total. The van der Waals surface area contributed by atoms with Crippen molar-refractivity contribution in [1.29, 1.82) is 0 Å². The molecule has 0 aromatic rings. The van der Waals surface area contributed by atoms with Gasteiger partial charge in [0.1, 0.15) is 6.61 Å². The molecule has 0 rings (SSSR count). The van der Waals surface area contributed by atoms with Crippen LogP contribution in [0.25, 0.3) is 0 Å². The van der Waals surface area contributed by atoms with Crippen molar-refractivity contribution < 1.29 is 19.1 Å². The summed E-state index contributed by atoms with van der Waals surface area (Å²) < 4.78 is 4.82. The number of unbranched alkanes of at least 4 members (excludes halogenated alkanes) is 1. The average molecular weight is 238 g/mol. The minimum absolute atomic E-state index is 0.0642. The van der Waals surface area contributed by atoms with Gasteiger partial charge in [-0.15, -0.1) is 0 Å². The second-order valence-corrected chi connectivity index (χ2v) is 3.11. The van der Waals surface area contributed by atoms with Gasteiger partial charge in [-0.05, 0) is 19.8 Å². The lowest BCUT2D eigenvalue weighted by Crippen LogP contribution is -2.08. The number of allylic oxidation sites excluding steroid dienone is 1. The molecule has 0 amide bonds. The van der Waals surface area contributed by atoms with Crippen molar-refractivity contribution >= 4 is 18.1 Å². The zero-order valence-electron chi connectivity index (χ0n) is 9.64. The fourth-order valence-electron chi connectivity index (χ4n) is 0.961. The molecular formula is C11H14N2O4. The fourth-order valence-corrected chi connectivity index (χ4v) is 0.961. The summed E-state index contributed by atoms with van der Waals surface area (Å²) in [5, 5.41) is 0. The van der Waals surface area contributed by atoms with Gasteiger partial charge in [0.05, 0.1) is 13.1 Å². The third kappa shape index (κ3) is 8.93. The van der Waals surface area contributed by atoms with Crippen LogP contribution < -0.4 is 0 Å². The highest BCUT2D eigenvalue weighted by atomic mass is 16.5. The normalized spacial score (nSPS) is 10.1. The topological polar surface area (TPSA) is 85.2 Å². The SMILES string of the molecule is CC(=CCCCN=C=O)C(=O)OCCN=C=O. The van der Waals surface area contributed by atoms with Crippen molar-refractivity contribution in [2.24, 2.45) is 9.98 Å². The van der Waals surface area contributed by atoms with Crippen LogP contribution in [0.4, 0.5) is 0 Å². The molecule has 0 atom stereocenters. The number of rotatable bonds is 8. The third-order valence-corrected chi connectivity index (χ3v) is 1.81. The number of aliphatic imine (C=N–C) groups is 2. The first-order chi connectivity index (χ1) is 8.22. The van der Waals surface area contributed by atoms with Crippen LogP contribution in [-0.4, -0.2) is 37.8 Å². The van der Waals surface area contributed by atoms with Crippen molar-refractivity contribution in [3.05, 3.63) is 11.6 Å². The summed E-state index contributed by atoms with van der Waals surface area (Å²) in [5.41, 5.74) is 0.482. The first-order valence-corrected chi connectivity index (χ1v) is 5.13. The second-order valence-electron chi connectivity index (χ2n) is 3.11. The van der Waals surface area contributed by atoms with E-state index in [1.807, 2.05) is 0 Å². The van der Waals surface area contributed by atoms with Crippen LogP contribution in [-0.2, 0) is 19.1 Å². The Morgan fingerprint density at radius 1 is 1.24 bits per heavy atom. The summed E-state index contributed by atoms with van der Waals surface area (Å²) in [6, 6.07) is 0. The van der Waals surface area contributed by atoms with Gasteiger partial charge in [0.25, 0.3) is 0 Å². The summed E-state index contributed by atoms with van der Waals surface area (Å²) in [7, 11) is 0. The number of hydrogen-bond acceptors (Lipinski definition) is 6. The largest absolute Gasteiger partial charge is 0.460 e. The molecule has 0 aromatic carbocycles. The van der Waals surface area contributed by atoms with E-state index in [0.717, 1.165) is 0 Å². The van der Waals surface area contributed by atoms with Gasteiger partial charge in [0.2, 0.25) is 12.2 Å². The molecule has 0 saturated heterocycles. The Morgan fingerprint density at radius 2 is 1.88 bits per heavy atom. The molecule has 0 aliphatic carbocycles. The summed E-state index contributed by atoms with van der Waals surface area (Å²) in [5.74, 6) is -0.440. The maximum Gasteiger partial charge on any atom is 0.333 e. The first kappa shape index (κ1) is 15.0. The molecule has 0 spiro atoms. The van der Waals surface area contributed by atoms with Crippen LogP contribution in [0.5, 0.6) is 0 Å². The molecule has 0 aromatic heterocycles. The second kappa shape index (κ2) is 10.5. The number of esters is 1. The van der Waals surface area contributed by atoms with E-state index in [2.05, 4.69) is 9.98 Å². The maximum atomic E-state index is 11.3. The number of ether oxygens (including phenoxy) is 1. The fraction of sp³-hybridized carbons (Fsp3) is 0.545. The molecule has 0 saturated carbocycles. The maximum absolute atomic E-state index is 11.3. The van der Waals surface area contributed by atoms with Gasteiger partial charge in [0.15, 0.2) is 0 Å². The van der Waals surface area contributed by atoms with Crippen LogP contribution >= 0.6 is 0 Å². The number of nitrogens with zero attached hydrogens (tertiary/aromatic N) is 2. The Labute approximate surface area is 99.1 Å². The van der Waals surface area contributed by atoms with Crippen LogP contribution in [0.1, 0.15) is 19.8 Å². The molecule has 0 aliphatic rings. The monoisotopic (exact) mass is 238 g/mol. The third-order valence-electron chi connectivity index (χ3n) is 1.81. The lowest BCUT2D eigenvalue weighted by Gasteiger charge is -2.02. The Bertz CT molecular complexity index is 364. The van der Waals surface area contributed by atoms with Crippen LogP contribution in [0.2, 0.25) is 0 Å². The van der Waals surface area contributed by atoms with Gasteiger partial charge < -0.3 is 4.74 Å². The van der Waals surface area contributed by atoms with E-state index < -0.39 is 5.97 Å². The highest BCUT2D eigenvalue weighted by Crippen LogP contribution is 2.01. The first-order valence-electron chi connectivity index (χ1n) is 5.13. The molecule has 17 heavy (non-hydrogen) atoms. The van der Waals surface area contributed by atoms with Crippen molar-refractivity contribution in [2.75, 3.05) is 19.7 Å². The van der Waals surface area contributed by atoms with E-state index in [9.17, 15) is 14.4 Å². The molecule has 0 aliphatic heterocycles. The van der Waals surface area contributed by atoms with E-state index >= 15 is 0 Å². The Morgan fingerprint density at radius 3 is 2.53 bits per heavy atom. The van der Waals surface area contributed by atoms with E-state index in [1.165, 1.54) is 12.2 Å². The number of carbonyl (C=O) groups is 1. The predicted molar refractivity (Wildman–Crippen MR) is 59.9 cm³/mol. The summed E-state index contributed by atoms with van der Waals surface area (Å²) in [6.45, 7) is 2.22. The van der Waals surface area contributed by atoms with Crippen molar-refractivity contribution in [3.63, 3.8) is 0 Å². The molecule has 0 bridgehead atoms. The number of isocyanates is 2. The van der Waals surface area contributed by atoms with Gasteiger partial charge in [-0.1, -0.05) is 6.08 Å². The van der Waals surface area contributed by atoms with Crippen LogP contribution in [0, 0.1) is 0 Å². The molecular weight excluding hydrogens is 224 g/mol. The molecule has 6 nitrogen and oxygen atoms in total. The summed E-state index contributed by atoms with van der Waals surface area (Å²) >= 11 is 0. The lowest BCUT2D eigenvalue weighted by atomic mass is 10.2. The molecule has 6 heteroatoms. The van der Waals surface area contributed by atoms with Crippen molar-refractivity contribution in [3.8, 4) is 0 Å². The van der Waals surface area contributed by atoms with E-state index in [4.69, 9.17) is 4.74 Å². The molecule has 0 fully saturated rings. The standard InChI is InChI=1S/C11H14N2O4/c1-10(4-2-3-5-12-8-14)11(16)17-7-6-13-9-15/h4H,2-3,5-7H2,1H3. The number of carbonyl (C=O) groups excluding carboxylic acids is 3. The summed E-state index contributed by atoms with van der Waals surface area (Å²) in [6.07, 6.45) is 5.82. The molecule has 92 valence electrons. The van der Waals surface area contributed by atoms with Gasteiger partial charge >= 0.3 is 5.97 Å². The van der Waals surface area contributed by atoms with E-state index in [-0.39, 0.29) is 13.2 Å². The average Bonchev–Trinajstić information content (AvgIpc) is 2.34. The molecule has 0 heterocycles. The Hall–Kier alpha value is -2.03. The van der Waals surface area contributed by atoms with E-state index in [0.29, 0.717) is 25.0 Å². The highest BCUT2D eigenvalue weighted by Gasteiger charge is 2.04. The molecule has 0 unspecified atom stereocenters. The Balaban J connectivity index is 3.81. The van der Waals surface area contributed by atoms with Crippen molar-refractivity contribution in [2.45, 2.75) is 19.8 Å². The minimum Gasteiger partial charge on any atom is -0.460 e. The zero-order chi connectivity index (χ0) is 12.9. The summed E-state index contributed by atoms with van der Waals surface area (Å²) in [4.78, 5) is 37.4. The van der Waals surface area contributed by atoms with Crippen LogP contribution in [0.15, 0.2) is 21.6 Å². The van der Waals surface area contributed by atoms with Gasteiger partial charge in [0, 0.05) is 5.57 Å². The Kier molecular flexibility index (Phi) is 9.23. The van der Waals surface area contributed by atoms with Crippen molar-refractivity contribution in [1.82, 2.24) is 0 Å². The van der Waals surface area contributed by atoms with Gasteiger partial charge in [-0.25, -0.2) is 24.4 Å². The van der Waals surface area contributed by atoms with E-state index in [1.54, 1.807) is 13.0 Å². The van der Waals surface area contributed by atoms with Gasteiger partial charge in [-0.3, -0.25) is 0 Å². The molecule has 0 radical (unpaired) electrons. The van der Waals surface area contributed by atoms with Gasteiger partial charge in [-0.2, -0.15) is 0 Å². The number of hydrogen-bond donors (Lipinski definition) is 0. The lowest BCUT2D eigenvalue weighted by molar-refractivity contribution is -0.138. The predicted octanol–water partition coefficient (Wildman–Crippen LogP) is 0.928. The minimum atomic E-state index is -0.440. The zero-order valence-corrected chi connectivity index (χ0v) is 9.64. The van der Waals surface area contributed by atoms with Crippen LogP contribution in [0.3, 0.4) is 0 Å². The highest BCUT2D eigenvalue weighted by molar-refractivity contribution is 5.87. The smallest absolute Gasteiger partial charge is 0.333 e. The quantitative estimate of drug-likeness (QED) is 0.207.